The number of nitrogens with zero attached hydrogens (tertiary/aromatic N) is 3. The lowest BCUT2D eigenvalue weighted by atomic mass is 10.4. The van der Waals surface area contributed by atoms with Crippen molar-refractivity contribution in [2.45, 2.75) is 0 Å². The molecule has 0 unspecified atom stereocenters. The monoisotopic (exact) mass is 265 g/mol. The van der Waals surface area contributed by atoms with E-state index in [9.17, 15) is 0 Å². The average Bonchev–Trinajstić information content (AvgIpc) is 2.65. The van der Waals surface area contributed by atoms with Gasteiger partial charge >= 0.3 is 0 Å². The first-order valence-corrected chi connectivity index (χ1v) is 5.39. The Morgan fingerprint density at radius 2 is 2.21 bits per heavy atom. The normalized spacial score (nSPS) is 9.71. The maximum absolute atomic E-state index is 8.67. The van der Waals surface area contributed by atoms with Crippen LogP contribution in [-0.4, -0.2) is 9.97 Å². The first kappa shape index (κ1) is 9.31. The van der Waals surface area contributed by atoms with Crippen molar-refractivity contribution in [2.75, 3.05) is 0 Å². The SMILES string of the molecule is N#Cc1ccnc(-c2ccc(Br)s2)n1. The van der Waals surface area contributed by atoms with Crippen molar-refractivity contribution in [3.05, 3.63) is 33.9 Å². The summed E-state index contributed by atoms with van der Waals surface area (Å²) in [6.07, 6.45) is 1.59. The van der Waals surface area contributed by atoms with Crippen LogP contribution >= 0.6 is 27.3 Å². The van der Waals surface area contributed by atoms with Gasteiger partial charge in [0.15, 0.2) is 5.82 Å². The maximum Gasteiger partial charge on any atom is 0.170 e. The number of hydrogen-bond donors (Lipinski definition) is 0. The molecule has 0 bridgehead atoms. The van der Waals surface area contributed by atoms with Crippen LogP contribution in [0.3, 0.4) is 0 Å². The van der Waals surface area contributed by atoms with Gasteiger partial charge in [0.2, 0.25) is 0 Å². The van der Waals surface area contributed by atoms with Gasteiger partial charge in [0, 0.05) is 6.20 Å². The summed E-state index contributed by atoms with van der Waals surface area (Å²) in [6.45, 7) is 0. The van der Waals surface area contributed by atoms with E-state index in [-0.39, 0.29) is 0 Å². The van der Waals surface area contributed by atoms with Gasteiger partial charge < -0.3 is 0 Å². The lowest BCUT2D eigenvalue weighted by Gasteiger charge is -1.94. The van der Waals surface area contributed by atoms with Crippen molar-refractivity contribution >= 4 is 27.3 Å². The first-order valence-electron chi connectivity index (χ1n) is 3.78. The number of nitriles is 1. The Bertz CT molecular complexity index is 501. The third kappa shape index (κ3) is 1.81. The molecule has 0 radical (unpaired) electrons. The van der Waals surface area contributed by atoms with Crippen LogP contribution in [0.5, 0.6) is 0 Å². The number of thiophene rings is 1. The van der Waals surface area contributed by atoms with Crippen LogP contribution in [0.2, 0.25) is 0 Å². The molecule has 0 aliphatic heterocycles. The summed E-state index contributed by atoms with van der Waals surface area (Å²) >= 11 is 4.91. The molecule has 0 atom stereocenters. The molecule has 0 aliphatic carbocycles. The lowest BCUT2D eigenvalue weighted by molar-refractivity contribution is 1.16. The van der Waals surface area contributed by atoms with Crippen LogP contribution in [0.1, 0.15) is 5.69 Å². The third-order valence-corrected chi connectivity index (χ3v) is 3.18. The number of rotatable bonds is 1. The largest absolute Gasteiger partial charge is 0.236 e. The minimum atomic E-state index is 0.388. The fourth-order valence-electron chi connectivity index (χ4n) is 0.974. The molecule has 68 valence electrons. The minimum absolute atomic E-state index is 0.388. The highest BCUT2D eigenvalue weighted by molar-refractivity contribution is 9.11. The fourth-order valence-corrected chi connectivity index (χ4v) is 2.30. The Morgan fingerprint density at radius 1 is 1.36 bits per heavy atom. The number of aromatic nitrogens is 2. The van der Waals surface area contributed by atoms with Gasteiger partial charge in [0.1, 0.15) is 11.8 Å². The van der Waals surface area contributed by atoms with E-state index in [0.717, 1.165) is 8.66 Å². The standard InChI is InChI=1S/C9H4BrN3S/c10-8-2-1-7(14-8)9-12-4-3-6(5-11)13-9/h1-4H. The number of hydrogen-bond acceptors (Lipinski definition) is 4. The molecule has 0 fully saturated rings. The van der Waals surface area contributed by atoms with Gasteiger partial charge in [-0.05, 0) is 34.1 Å². The molecule has 3 nitrogen and oxygen atoms in total. The highest BCUT2D eigenvalue weighted by Crippen LogP contribution is 2.28. The van der Waals surface area contributed by atoms with Gasteiger partial charge in [-0.2, -0.15) is 5.26 Å². The van der Waals surface area contributed by atoms with Gasteiger partial charge in [-0.1, -0.05) is 0 Å². The van der Waals surface area contributed by atoms with Gasteiger partial charge in [0.05, 0.1) is 8.66 Å². The molecule has 0 saturated heterocycles. The van der Waals surface area contributed by atoms with Crippen molar-refractivity contribution in [3.63, 3.8) is 0 Å². The van der Waals surface area contributed by atoms with Crippen molar-refractivity contribution in [2.24, 2.45) is 0 Å². The van der Waals surface area contributed by atoms with Crippen LogP contribution < -0.4 is 0 Å². The van der Waals surface area contributed by atoms with E-state index in [1.165, 1.54) is 0 Å². The Kier molecular flexibility index (Phi) is 2.57. The molecule has 2 rings (SSSR count). The minimum Gasteiger partial charge on any atom is -0.236 e. The summed E-state index contributed by atoms with van der Waals surface area (Å²) in [5, 5.41) is 8.67. The van der Waals surface area contributed by atoms with Crippen molar-refractivity contribution < 1.29 is 0 Å². The third-order valence-electron chi connectivity index (χ3n) is 1.56. The first-order chi connectivity index (χ1) is 6.79. The fraction of sp³-hybridized carbons (Fsp3) is 0. The molecule has 0 aromatic carbocycles. The molecular formula is C9H4BrN3S. The molecule has 0 aliphatic rings. The molecule has 0 spiro atoms. The van der Waals surface area contributed by atoms with Crippen molar-refractivity contribution in [1.82, 2.24) is 9.97 Å². The second-order valence-corrected chi connectivity index (χ2v) is 4.94. The van der Waals surface area contributed by atoms with Crippen LogP contribution in [0.4, 0.5) is 0 Å². The van der Waals surface area contributed by atoms with E-state index in [4.69, 9.17) is 5.26 Å². The van der Waals surface area contributed by atoms with E-state index in [1.807, 2.05) is 18.2 Å². The predicted octanol–water partition coefficient (Wildman–Crippen LogP) is 2.84. The number of halogens is 1. The Labute approximate surface area is 93.2 Å². The van der Waals surface area contributed by atoms with Crippen LogP contribution in [-0.2, 0) is 0 Å². The summed E-state index contributed by atoms with van der Waals surface area (Å²) < 4.78 is 1.03. The van der Waals surface area contributed by atoms with Crippen LogP contribution in [0.15, 0.2) is 28.2 Å². The quantitative estimate of drug-likeness (QED) is 0.797. The molecule has 0 amide bonds. The second-order valence-electron chi connectivity index (χ2n) is 2.48. The molecule has 5 heteroatoms. The topological polar surface area (TPSA) is 49.6 Å². The molecule has 14 heavy (non-hydrogen) atoms. The summed E-state index contributed by atoms with van der Waals surface area (Å²) in [4.78, 5) is 9.14. The van der Waals surface area contributed by atoms with E-state index < -0.39 is 0 Å². The Morgan fingerprint density at radius 3 is 2.86 bits per heavy atom. The van der Waals surface area contributed by atoms with E-state index in [0.29, 0.717) is 11.5 Å². The van der Waals surface area contributed by atoms with Gasteiger partial charge in [-0.3, -0.25) is 0 Å². The van der Waals surface area contributed by atoms with Gasteiger partial charge in [0.25, 0.3) is 0 Å². The van der Waals surface area contributed by atoms with E-state index in [2.05, 4.69) is 25.9 Å². The van der Waals surface area contributed by atoms with E-state index >= 15 is 0 Å². The highest BCUT2D eigenvalue weighted by atomic mass is 79.9. The Balaban J connectivity index is 2.47. The molecular weight excluding hydrogens is 262 g/mol. The lowest BCUT2D eigenvalue weighted by Crippen LogP contribution is -1.88. The van der Waals surface area contributed by atoms with Crippen LogP contribution in [0.25, 0.3) is 10.7 Å². The van der Waals surface area contributed by atoms with Crippen molar-refractivity contribution in [1.29, 1.82) is 5.26 Å². The molecule has 2 aromatic rings. The van der Waals surface area contributed by atoms with Gasteiger partial charge in [-0.15, -0.1) is 11.3 Å². The van der Waals surface area contributed by atoms with E-state index in [1.54, 1.807) is 23.6 Å². The molecule has 0 N–H and O–H groups in total. The summed E-state index contributed by atoms with van der Waals surface area (Å²) in [7, 11) is 0. The second kappa shape index (κ2) is 3.86. The zero-order valence-electron chi connectivity index (χ0n) is 6.94. The van der Waals surface area contributed by atoms with Gasteiger partial charge in [-0.25, -0.2) is 9.97 Å². The molecule has 2 aromatic heterocycles. The van der Waals surface area contributed by atoms with Crippen LogP contribution in [0, 0.1) is 11.3 Å². The smallest absolute Gasteiger partial charge is 0.170 e. The summed E-state index contributed by atoms with van der Waals surface area (Å²) in [5.41, 5.74) is 0.388. The predicted molar refractivity (Wildman–Crippen MR) is 57.8 cm³/mol. The van der Waals surface area contributed by atoms with Crippen molar-refractivity contribution in [3.8, 4) is 16.8 Å². The average molecular weight is 266 g/mol. The highest BCUT2D eigenvalue weighted by Gasteiger charge is 2.04. The maximum atomic E-state index is 8.67. The zero-order valence-corrected chi connectivity index (χ0v) is 9.34. The summed E-state index contributed by atoms with van der Waals surface area (Å²) in [6, 6.07) is 7.43. The zero-order chi connectivity index (χ0) is 9.97. The molecule has 2 heterocycles. The molecule has 0 saturated carbocycles. The Hall–Kier alpha value is -1.25. The summed E-state index contributed by atoms with van der Waals surface area (Å²) in [5.74, 6) is 0.597.